The van der Waals surface area contributed by atoms with Crippen LogP contribution in [0.1, 0.15) is 73.6 Å². The van der Waals surface area contributed by atoms with Gasteiger partial charge in [-0.3, -0.25) is 9.48 Å². The molecule has 3 N–H and O–H groups in total. The lowest BCUT2D eigenvalue weighted by molar-refractivity contribution is -0.202. The molecule has 1 aromatic carbocycles. The lowest BCUT2D eigenvalue weighted by atomic mass is 9.78. The van der Waals surface area contributed by atoms with Crippen molar-refractivity contribution in [3.63, 3.8) is 0 Å². The Morgan fingerprint density at radius 2 is 1.76 bits per heavy atom. The first-order chi connectivity index (χ1) is 19.9. The van der Waals surface area contributed by atoms with Crippen LogP contribution in [0.15, 0.2) is 46.7 Å². The van der Waals surface area contributed by atoms with Gasteiger partial charge < -0.3 is 10.4 Å². The highest BCUT2D eigenvalue weighted by Crippen LogP contribution is 2.49. The number of amides is 1. The Labute approximate surface area is 237 Å². The number of hydrogen-bond donors (Lipinski definition) is 3. The number of unbranched alkanes of at least 4 members (excludes halogenated alkanes) is 3. The van der Waals surface area contributed by atoms with E-state index < -0.39 is 43.0 Å². The fourth-order valence-corrected chi connectivity index (χ4v) is 5.75. The fourth-order valence-electron chi connectivity index (χ4n) is 5.75. The number of aryl methyl sites for hydroxylation is 3. The van der Waals surface area contributed by atoms with Crippen LogP contribution in [0.5, 0.6) is 0 Å². The highest BCUT2D eigenvalue weighted by molar-refractivity contribution is 6.03. The monoisotopic (exact) mass is 599 g/mol. The fraction of sp³-hybridized carbons (Fsp3) is 0.556. The highest BCUT2D eigenvalue weighted by atomic mass is 19.4. The third kappa shape index (κ3) is 6.10. The second kappa shape index (κ2) is 11.6. The average Bonchev–Trinajstić information content (AvgIpc) is 3.58. The van der Waals surface area contributed by atoms with Crippen LogP contribution in [0.25, 0.3) is 5.57 Å². The first-order valence-electron chi connectivity index (χ1n) is 13.9. The van der Waals surface area contributed by atoms with E-state index in [4.69, 9.17) is 0 Å². The van der Waals surface area contributed by atoms with Gasteiger partial charge in [-0.15, -0.1) is 0 Å². The number of halogens is 6. The Kier molecular flexibility index (Phi) is 8.23. The summed E-state index contributed by atoms with van der Waals surface area (Å²) in [6.45, 7) is 0.207. The summed E-state index contributed by atoms with van der Waals surface area (Å²) >= 11 is 0. The van der Waals surface area contributed by atoms with Gasteiger partial charge in [0.25, 0.3) is 5.91 Å². The molecule has 0 saturated carbocycles. The van der Waals surface area contributed by atoms with Crippen molar-refractivity contribution in [1.29, 1.82) is 0 Å². The lowest BCUT2D eigenvalue weighted by Crippen LogP contribution is -2.60. The van der Waals surface area contributed by atoms with E-state index in [2.05, 4.69) is 26.3 Å². The maximum absolute atomic E-state index is 15.0. The zero-order valence-corrected chi connectivity index (χ0v) is 22.6. The van der Waals surface area contributed by atoms with Gasteiger partial charge >= 0.3 is 12.4 Å². The standard InChI is InChI=1S/C27H31F6N7O2/c28-26(29,30)11-5-1-2-6-12-39-16-20(15-34-39)25(27(31,32)33)14-21(19-10-9-17-7-3-4-8-18(17)13-19)22(23(41)35-25)40-24(42)36-37-38-40/h9-10,13,15-16,24,42H,1-8,11-12,14H2,(H,35,41)(H,36,38). The van der Waals surface area contributed by atoms with Crippen molar-refractivity contribution in [1.82, 2.24) is 25.5 Å². The molecule has 2 unspecified atom stereocenters. The van der Waals surface area contributed by atoms with E-state index in [0.717, 1.165) is 48.0 Å². The predicted octanol–water partition coefficient (Wildman–Crippen LogP) is 5.43. The molecule has 5 rings (SSSR count). The van der Waals surface area contributed by atoms with Crippen molar-refractivity contribution in [2.45, 2.75) is 95.0 Å². The van der Waals surface area contributed by atoms with Gasteiger partial charge in [0.05, 0.1) is 6.20 Å². The number of fused-ring (bicyclic) bond motifs is 1. The topological polar surface area (TPSA) is 107 Å². The van der Waals surface area contributed by atoms with Gasteiger partial charge in [0.1, 0.15) is 5.70 Å². The molecule has 15 heteroatoms. The van der Waals surface area contributed by atoms with E-state index in [-0.39, 0.29) is 29.8 Å². The van der Waals surface area contributed by atoms with Crippen LogP contribution in [0.2, 0.25) is 0 Å². The number of aliphatic hydroxyl groups is 1. The van der Waals surface area contributed by atoms with Gasteiger partial charge in [0, 0.05) is 31.1 Å². The molecule has 0 fully saturated rings. The van der Waals surface area contributed by atoms with Crippen LogP contribution >= 0.6 is 0 Å². The van der Waals surface area contributed by atoms with Gasteiger partial charge in [0.15, 0.2) is 5.54 Å². The Balaban J connectivity index is 1.45. The van der Waals surface area contributed by atoms with E-state index in [1.807, 2.05) is 6.07 Å². The maximum atomic E-state index is 15.0. The number of alkyl halides is 6. The summed E-state index contributed by atoms with van der Waals surface area (Å²) in [5.74, 6) is -1.09. The molecular weight excluding hydrogens is 568 g/mol. The Bertz CT molecular complexity index is 1370. The smallest absolute Gasteiger partial charge is 0.354 e. The van der Waals surface area contributed by atoms with E-state index >= 15 is 13.2 Å². The van der Waals surface area contributed by atoms with Crippen LogP contribution in [0.4, 0.5) is 26.3 Å². The minimum absolute atomic E-state index is 0.0159. The molecule has 2 aromatic rings. The SMILES string of the molecule is O=C1NC(c2cnn(CCCCCCC(F)(F)F)c2)(C(F)(F)F)CC(c2ccc3c(c2)CCCC3)=C1N1N=NNC1O. The van der Waals surface area contributed by atoms with Gasteiger partial charge in [-0.1, -0.05) is 36.3 Å². The van der Waals surface area contributed by atoms with Gasteiger partial charge in [-0.05, 0) is 66.0 Å². The molecule has 1 amide bonds. The number of hydrogen-bond acceptors (Lipinski definition) is 7. The molecule has 1 aromatic heterocycles. The first kappa shape index (κ1) is 29.9. The molecule has 228 valence electrons. The number of aliphatic hydroxyl groups excluding tert-OH is 1. The van der Waals surface area contributed by atoms with Gasteiger partial charge in [-0.25, -0.2) is 5.43 Å². The van der Waals surface area contributed by atoms with E-state index in [9.17, 15) is 23.1 Å². The molecule has 2 aliphatic heterocycles. The molecule has 0 radical (unpaired) electrons. The number of carbonyl (C=O) groups is 1. The molecule has 3 aliphatic rings. The second-order valence-corrected chi connectivity index (χ2v) is 10.9. The van der Waals surface area contributed by atoms with Crippen LogP contribution in [-0.4, -0.2) is 44.5 Å². The molecule has 0 bridgehead atoms. The number of carbonyl (C=O) groups excluding carboxylic acids is 1. The zero-order chi connectivity index (χ0) is 30.1. The first-order valence-corrected chi connectivity index (χ1v) is 13.9. The summed E-state index contributed by atoms with van der Waals surface area (Å²) in [6.07, 6.45) is -5.21. The van der Waals surface area contributed by atoms with Crippen molar-refractivity contribution < 1.29 is 36.2 Å². The largest absolute Gasteiger partial charge is 0.416 e. The molecule has 2 atom stereocenters. The third-order valence-electron chi connectivity index (χ3n) is 7.95. The number of aromatic nitrogens is 2. The summed E-state index contributed by atoms with van der Waals surface area (Å²) < 4.78 is 83.4. The van der Waals surface area contributed by atoms with Crippen molar-refractivity contribution in [2.24, 2.45) is 10.4 Å². The van der Waals surface area contributed by atoms with E-state index in [1.54, 1.807) is 12.1 Å². The number of nitrogens with zero attached hydrogens (tertiary/aromatic N) is 5. The molecule has 42 heavy (non-hydrogen) atoms. The minimum atomic E-state index is -4.94. The summed E-state index contributed by atoms with van der Waals surface area (Å²) in [5, 5.41) is 24.6. The lowest BCUT2D eigenvalue weighted by Gasteiger charge is -2.41. The normalized spacial score (nSPS) is 22.8. The van der Waals surface area contributed by atoms with Gasteiger partial charge in [0.2, 0.25) is 6.35 Å². The summed E-state index contributed by atoms with van der Waals surface area (Å²) in [6, 6.07) is 5.36. The summed E-state index contributed by atoms with van der Waals surface area (Å²) in [7, 11) is 0. The number of rotatable bonds is 9. The molecule has 3 heterocycles. The molecule has 9 nitrogen and oxygen atoms in total. The number of nitrogens with one attached hydrogen (secondary N) is 2. The molecule has 0 spiro atoms. The number of benzene rings is 1. The molecular formula is C27H31F6N7O2. The summed E-state index contributed by atoms with van der Waals surface area (Å²) in [5.41, 5.74) is 1.47. The zero-order valence-electron chi connectivity index (χ0n) is 22.6. The average molecular weight is 600 g/mol. The van der Waals surface area contributed by atoms with E-state index in [0.29, 0.717) is 24.8 Å². The van der Waals surface area contributed by atoms with Crippen molar-refractivity contribution in [2.75, 3.05) is 0 Å². The highest BCUT2D eigenvalue weighted by Gasteiger charge is 2.61. The summed E-state index contributed by atoms with van der Waals surface area (Å²) in [4.78, 5) is 13.5. The second-order valence-electron chi connectivity index (χ2n) is 10.9. The van der Waals surface area contributed by atoms with Crippen LogP contribution in [0.3, 0.4) is 0 Å². The van der Waals surface area contributed by atoms with Crippen molar-refractivity contribution in [3.05, 3.63) is 58.5 Å². The molecule has 0 saturated heterocycles. The predicted molar refractivity (Wildman–Crippen MR) is 138 cm³/mol. The van der Waals surface area contributed by atoms with Gasteiger partial charge in [-0.2, -0.15) is 36.5 Å². The minimum Gasteiger partial charge on any atom is -0.354 e. The van der Waals surface area contributed by atoms with Crippen LogP contribution in [-0.2, 0) is 29.7 Å². The molecule has 1 aliphatic carbocycles. The third-order valence-corrected chi connectivity index (χ3v) is 7.95. The van der Waals surface area contributed by atoms with Crippen molar-refractivity contribution >= 4 is 11.5 Å². The van der Waals surface area contributed by atoms with Crippen LogP contribution < -0.4 is 10.7 Å². The quantitative estimate of drug-likeness (QED) is 0.264. The Hall–Kier alpha value is -3.62. The Morgan fingerprint density at radius 3 is 2.45 bits per heavy atom. The van der Waals surface area contributed by atoms with E-state index in [1.165, 1.54) is 10.9 Å². The Morgan fingerprint density at radius 1 is 1.02 bits per heavy atom. The van der Waals surface area contributed by atoms with Crippen LogP contribution in [0, 0.1) is 0 Å². The maximum Gasteiger partial charge on any atom is 0.416 e. The van der Waals surface area contributed by atoms with Crippen molar-refractivity contribution in [3.8, 4) is 0 Å².